The maximum Gasteiger partial charge on any atom is 0.0701 e. The maximum atomic E-state index is 8.34. The molecule has 0 fully saturated rings. The van der Waals surface area contributed by atoms with E-state index in [0.29, 0.717) is 19.8 Å². The number of hydrogen-bond donors (Lipinski definition) is 1. The van der Waals surface area contributed by atoms with E-state index in [2.05, 4.69) is 20.1 Å². The Morgan fingerprint density at radius 3 is 2.00 bits per heavy atom. The second kappa shape index (κ2) is 17.6. The number of hydrogen-bond acceptors (Lipinski definition) is 3. The summed E-state index contributed by atoms with van der Waals surface area (Å²) in [5, 5.41) is 8.34. The Balaban J connectivity index is 0. The molecule has 0 aliphatic rings. The van der Waals surface area contributed by atoms with Crippen molar-refractivity contribution in [1.29, 1.82) is 0 Å². The van der Waals surface area contributed by atoms with Gasteiger partial charge in [-0.05, 0) is 6.42 Å². The maximum absolute atomic E-state index is 8.34. The molecule has 13 heavy (non-hydrogen) atoms. The van der Waals surface area contributed by atoms with Gasteiger partial charge in [-0.15, -0.1) is 13.2 Å². The number of ether oxygens (including phenoxy) is 2. The average molecular weight is 190 g/mol. The Morgan fingerprint density at radius 1 is 1.00 bits per heavy atom. The first kappa shape index (κ1) is 15.1. The topological polar surface area (TPSA) is 38.7 Å². The molecule has 3 heteroatoms. The molecule has 0 aliphatic heterocycles. The van der Waals surface area contributed by atoms with Gasteiger partial charge in [0.1, 0.15) is 0 Å². The van der Waals surface area contributed by atoms with E-state index < -0.39 is 0 Å². The Kier molecular flexibility index (Phi) is 20.5. The van der Waals surface area contributed by atoms with Crippen LogP contribution in [-0.4, -0.2) is 38.1 Å². The lowest BCUT2D eigenvalue weighted by Gasteiger charge is -2.02. The van der Waals surface area contributed by atoms with Crippen LogP contribution in [0.4, 0.5) is 0 Å². The van der Waals surface area contributed by atoms with Crippen LogP contribution in [-0.2, 0) is 9.47 Å². The highest BCUT2D eigenvalue weighted by Crippen LogP contribution is 1.87. The van der Waals surface area contributed by atoms with Crippen LogP contribution in [0.1, 0.15) is 19.8 Å². The molecule has 1 N–H and O–H groups in total. The van der Waals surface area contributed by atoms with Crippen molar-refractivity contribution in [2.24, 2.45) is 0 Å². The Labute approximate surface area is 81.4 Å². The van der Waals surface area contributed by atoms with Crippen molar-refractivity contribution in [2.45, 2.75) is 19.8 Å². The smallest absolute Gasteiger partial charge is 0.0701 e. The highest BCUT2D eigenvalue weighted by atomic mass is 16.5. The minimum Gasteiger partial charge on any atom is -0.394 e. The van der Waals surface area contributed by atoms with E-state index in [4.69, 9.17) is 14.6 Å². The van der Waals surface area contributed by atoms with Crippen LogP contribution in [0.25, 0.3) is 0 Å². The average Bonchev–Trinajstić information content (AvgIpc) is 2.20. The van der Waals surface area contributed by atoms with Gasteiger partial charge in [-0.25, -0.2) is 0 Å². The molecule has 0 saturated carbocycles. The normalized spacial score (nSPS) is 9.08. The molecular formula is C10H22O3. The van der Waals surface area contributed by atoms with E-state index in [0.717, 1.165) is 19.4 Å². The first-order valence-corrected chi connectivity index (χ1v) is 4.68. The van der Waals surface area contributed by atoms with Gasteiger partial charge in [0.05, 0.1) is 26.4 Å². The van der Waals surface area contributed by atoms with Crippen LogP contribution in [0, 0.1) is 0 Å². The fourth-order valence-electron chi connectivity index (χ4n) is 0.633. The molecule has 0 radical (unpaired) electrons. The van der Waals surface area contributed by atoms with Crippen LogP contribution in [0.5, 0.6) is 0 Å². The quantitative estimate of drug-likeness (QED) is 0.467. The largest absolute Gasteiger partial charge is 0.394 e. The van der Waals surface area contributed by atoms with E-state index in [1.54, 1.807) is 0 Å². The molecule has 0 aromatic rings. The van der Waals surface area contributed by atoms with Crippen LogP contribution < -0.4 is 0 Å². The summed E-state index contributed by atoms with van der Waals surface area (Å²) in [5.41, 5.74) is 0. The third-order valence-corrected chi connectivity index (χ3v) is 1.25. The van der Waals surface area contributed by atoms with Crippen molar-refractivity contribution in [3.8, 4) is 0 Å². The number of aliphatic hydroxyl groups excluding tert-OH is 1. The van der Waals surface area contributed by atoms with Gasteiger partial charge in [0.25, 0.3) is 0 Å². The summed E-state index contributed by atoms with van der Waals surface area (Å²) in [7, 11) is 0. The van der Waals surface area contributed by atoms with Gasteiger partial charge >= 0.3 is 0 Å². The molecule has 0 atom stereocenters. The van der Waals surface area contributed by atoms with Crippen molar-refractivity contribution in [1.82, 2.24) is 0 Å². The molecule has 0 unspecified atom stereocenters. The summed E-state index contributed by atoms with van der Waals surface area (Å²) in [6.07, 6.45) is 2.28. The molecule has 80 valence electrons. The van der Waals surface area contributed by atoms with E-state index >= 15 is 0 Å². The summed E-state index contributed by atoms with van der Waals surface area (Å²) < 4.78 is 10.2. The van der Waals surface area contributed by atoms with E-state index in [1.165, 1.54) is 0 Å². The standard InChI is InChI=1S/C8H18O3.C2H4/c1-2-3-5-10-7-8-11-6-4-9;1-2/h9H,2-8H2,1H3;1-2H2. The van der Waals surface area contributed by atoms with Gasteiger partial charge in [-0.3, -0.25) is 0 Å². The summed E-state index contributed by atoms with van der Waals surface area (Å²) >= 11 is 0. The second-order valence-electron chi connectivity index (χ2n) is 2.30. The van der Waals surface area contributed by atoms with Gasteiger partial charge in [-0.2, -0.15) is 0 Å². The van der Waals surface area contributed by atoms with Gasteiger partial charge < -0.3 is 14.6 Å². The molecule has 0 amide bonds. The zero-order valence-electron chi connectivity index (χ0n) is 8.63. The van der Waals surface area contributed by atoms with E-state index in [9.17, 15) is 0 Å². The molecule has 0 rings (SSSR count). The first-order chi connectivity index (χ1) is 6.41. The van der Waals surface area contributed by atoms with Crippen molar-refractivity contribution in [3.05, 3.63) is 13.2 Å². The zero-order valence-corrected chi connectivity index (χ0v) is 8.63. The molecule has 0 spiro atoms. The summed E-state index contributed by atoms with van der Waals surface area (Å²) in [4.78, 5) is 0. The van der Waals surface area contributed by atoms with Crippen LogP contribution in [0.2, 0.25) is 0 Å². The van der Waals surface area contributed by atoms with Gasteiger partial charge in [0.2, 0.25) is 0 Å². The predicted molar refractivity (Wildman–Crippen MR) is 54.9 cm³/mol. The number of unbranched alkanes of at least 4 members (excludes halogenated alkanes) is 1. The van der Waals surface area contributed by atoms with Crippen LogP contribution >= 0.6 is 0 Å². The third-order valence-electron chi connectivity index (χ3n) is 1.25. The van der Waals surface area contributed by atoms with Crippen LogP contribution in [0.3, 0.4) is 0 Å². The molecule has 0 saturated heterocycles. The van der Waals surface area contributed by atoms with Crippen molar-refractivity contribution in [2.75, 3.05) is 33.0 Å². The SMILES string of the molecule is C=C.CCCCOCCOCCO. The van der Waals surface area contributed by atoms with Crippen LogP contribution in [0.15, 0.2) is 13.2 Å². The fraction of sp³-hybridized carbons (Fsp3) is 0.800. The zero-order chi connectivity index (χ0) is 10.4. The predicted octanol–water partition coefficient (Wildman–Crippen LogP) is 1.61. The molecular weight excluding hydrogens is 168 g/mol. The van der Waals surface area contributed by atoms with Gasteiger partial charge in [0.15, 0.2) is 0 Å². The minimum absolute atomic E-state index is 0.0922. The Morgan fingerprint density at radius 2 is 1.54 bits per heavy atom. The number of aliphatic hydroxyl groups is 1. The summed E-state index contributed by atoms with van der Waals surface area (Å²) in [6, 6.07) is 0. The lowest BCUT2D eigenvalue weighted by Crippen LogP contribution is -2.07. The molecule has 0 bridgehead atoms. The van der Waals surface area contributed by atoms with Gasteiger partial charge in [0, 0.05) is 6.61 Å². The third kappa shape index (κ3) is 18.5. The lowest BCUT2D eigenvalue weighted by atomic mass is 10.4. The summed E-state index contributed by atoms with van der Waals surface area (Å²) in [5.74, 6) is 0. The molecule has 0 aromatic carbocycles. The molecule has 3 nitrogen and oxygen atoms in total. The molecule has 0 heterocycles. The summed E-state index contributed by atoms with van der Waals surface area (Å²) in [6.45, 7) is 10.7. The van der Waals surface area contributed by atoms with E-state index in [-0.39, 0.29) is 6.61 Å². The van der Waals surface area contributed by atoms with Crippen molar-refractivity contribution >= 4 is 0 Å². The van der Waals surface area contributed by atoms with Crippen molar-refractivity contribution in [3.63, 3.8) is 0 Å². The van der Waals surface area contributed by atoms with Crippen molar-refractivity contribution < 1.29 is 14.6 Å². The van der Waals surface area contributed by atoms with E-state index in [1.807, 2.05) is 0 Å². The molecule has 0 aromatic heterocycles. The lowest BCUT2D eigenvalue weighted by molar-refractivity contribution is 0.0324. The first-order valence-electron chi connectivity index (χ1n) is 4.68. The Bertz CT molecular complexity index is 68.6. The Hall–Kier alpha value is -0.380. The second-order valence-corrected chi connectivity index (χ2v) is 2.30. The van der Waals surface area contributed by atoms with Gasteiger partial charge in [-0.1, -0.05) is 13.3 Å². The fourth-order valence-corrected chi connectivity index (χ4v) is 0.633. The molecule has 0 aliphatic carbocycles. The number of rotatable bonds is 8. The minimum atomic E-state index is 0.0922. The highest BCUT2D eigenvalue weighted by Gasteiger charge is 1.87. The highest BCUT2D eigenvalue weighted by molar-refractivity contribution is 4.33. The monoisotopic (exact) mass is 190 g/mol.